The molecule has 4 heteroatoms. The summed E-state index contributed by atoms with van der Waals surface area (Å²) in [4.78, 5) is 4.39. The van der Waals surface area contributed by atoms with Gasteiger partial charge in [0.25, 0.3) is 0 Å². The fourth-order valence-electron chi connectivity index (χ4n) is 1.38. The minimum atomic E-state index is 0.282. The van der Waals surface area contributed by atoms with Gasteiger partial charge in [0.1, 0.15) is 5.82 Å². The Hall–Kier alpha value is -0.900. The molecular weight excluding hydrogens is 176 g/mol. The van der Waals surface area contributed by atoms with Gasteiger partial charge in [0.05, 0.1) is 0 Å². The lowest BCUT2D eigenvalue weighted by Gasteiger charge is -2.01. The smallest absolute Gasteiger partial charge is 0.150 e. The lowest BCUT2D eigenvalue weighted by molar-refractivity contribution is 0.614. The van der Waals surface area contributed by atoms with Gasteiger partial charge in [0.2, 0.25) is 0 Å². The van der Waals surface area contributed by atoms with E-state index in [9.17, 15) is 0 Å². The molecule has 1 aromatic rings. The van der Waals surface area contributed by atoms with Crippen LogP contribution in [0, 0.1) is 0 Å². The normalized spacial score (nSPS) is 13.1. The van der Waals surface area contributed by atoms with E-state index in [1.54, 1.807) is 0 Å². The maximum Gasteiger partial charge on any atom is 0.150 e. The van der Waals surface area contributed by atoms with Crippen LogP contribution < -0.4 is 5.73 Å². The lowest BCUT2D eigenvalue weighted by Crippen LogP contribution is -2.14. The zero-order valence-corrected chi connectivity index (χ0v) is 9.08. The first kappa shape index (κ1) is 11.2. The molecule has 0 aliphatic rings. The van der Waals surface area contributed by atoms with Crippen LogP contribution in [0.15, 0.2) is 0 Å². The first-order valence-corrected chi connectivity index (χ1v) is 5.38. The maximum absolute atomic E-state index is 5.66. The predicted octanol–water partition coefficient (Wildman–Crippen LogP) is 1.43. The molecule has 0 aliphatic heterocycles. The summed E-state index contributed by atoms with van der Waals surface area (Å²) in [7, 11) is 0. The van der Waals surface area contributed by atoms with Crippen LogP contribution in [0.4, 0.5) is 0 Å². The van der Waals surface area contributed by atoms with Gasteiger partial charge in [0.15, 0.2) is 5.82 Å². The molecule has 1 aromatic heterocycles. The SMILES string of the molecule is CCCc1nc(CCCC(C)N)n[nH]1. The fraction of sp³-hybridized carbons (Fsp3) is 0.800. The summed E-state index contributed by atoms with van der Waals surface area (Å²) >= 11 is 0. The van der Waals surface area contributed by atoms with Crippen molar-refractivity contribution >= 4 is 0 Å². The van der Waals surface area contributed by atoms with Gasteiger partial charge in [-0.1, -0.05) is 6.92 Å². The monoisotopic (exact) mass is 196 g/mol. The Morgan fingerprint density at radius 3 is 2.86 bits per heavy atom. The molecule has 80 valence electrons. The third kappa shape index (κ3) is 3.87. The van der Waals surface area contributed by atoms with Crippen molar-refractivity contribution in [3.8, 4) is 0 Å². The van der Waals surface area contributed by atoms with Crippen LogP contribution in [0.3, 0.4) is 0 Å². The zero-order chi connectivity index (χ0) is 10.4. The van der Waals surface area contributed by atoms with Crippen LogP contribution in [0.1, 0.15) is 44.8 Å². The highest BCUT2D eigenvalue weighted by Crippen LogP contribution is 2.02. The van der Waals surface area contributed by atoms with Gasteiger partial charge in [-0.25, -0.2) is 4.98 Å². The van der Waals surface area contributed by atoms with E-state index in [0.717, 1.165) is 43.8 Å². The molecule has 0 spiro atoms. The van der Waals surface area contributed by atoms with E-state index in [-0.39, 0.29) is 6.04 Å². The largest absolute Gasteiger partial charge is 0.328 e. The van der Waals surface area contributed by atoms with Crippen molar-refractivity contribution in [2.75, 3.05) is 0 Å². The molecular formula is C10H20N4. The fourth-order valence-corrected chi connectivity index (χ4v) is 1.38. The molecule has 1 atom stereocenters. The van der Waals surface area contributed by atoms with Gasteiger partial charge < -0.3 is 5.73 Å². The summed E-state index contributed by atoms with van der Waals surface area (Å²) in [5.74, 6) is 1.93. The van der Waals surface area contributed by atoms with Crippen LogP contribution in [0.25, 0.3) is 0 Å². The Kier molecular flexibility index (Phi) is 4.59. The third-order valence-corrected chi connectivity index (χ3v) is 2.12. The second kappa shape index (κ2) is 5.75. The van der Waals surface area contributed by atoms with Gasteiger partial charge in [-0.3, -0.25) is 5.10 Å². The molecule has 0 amide bonds. The second-order valence-electron chi connectivity index (χ2n) is 3.82. The highest BCUT2D eigenvalue weighted by atomic mass is 15.2. The van der Waals surface area contributed by atoms with Gasteiger partial charge in [0, 0.05) is 18.9 Å². The quantitative estimate of drug-likeness (QED) is 0.723. The van der Waals surface area contributed by atoms with E-state index < -0.39 is 0 Å². The first-order chi connectivity index (χ1) is 6.72. The van der Waals surface area contributed by atoms with Gasteiger partial charge in [-0.05, 0) is 26.2 Å². The van der Waals surface area contributed by atoms with E-state index in [0.29, 0.717) is 0 Å². The van der Waals surface area contributed by atoms with Crippen LogP contribution in [0.5, 0.6) is 0 Å². The van der Waals surface area contributed by atoms with Crippen molar-refractivity contribution in [3.63, 3.8) is 0 Å². The van der Waals surface area contributed by atoms with E-state index in [1.165, 1.54) is 0 Å². The average molecular weight is 196 g/mol. The molecule has 0 aromatic carbocycles. The number of H-pyrrole nitrogens is 1. The Labute approximate surface area is 85.3 Å². The Balaban J connectivity index is 2.28. The van der Waals surface area contributed by atoms with Crippen molar-refractivity contribution in [1.82, 2.24) is 15.2 Å². The Bertz CT molecular complexity index is 254. The number of aromatic amines is 1. The highest BCUT2D eigenvalue weighted by Gasteiger charge is 2.02. The van der Waals surface area contributed by atoms with Gasteiger partial charge in [-0.2, -0.15) is 5.10 Å². The van der Waals surface area contributed by atoms with Crippen LogP contribution >= 0.6 is 0 Å². The summed E-state index contributed by atoms with van der Waals surface area (Å²) in [6.45, 7) is 4.17. The molecule has 0 radical (unpaired) electrons. The Morgan fingerprint density at radius 1 is 1.43 bits per heavy atom. The molecule has 0 bridgehead atoms. The zero-order valence-electron chi connectivity index (χ0n) is 9.08. The van der Waals surface area contributed by atoms with Crippen LogP contribution in [-0.4, -0.2) is 21.2 Å². The van der Waals surface area contributed by atoms with Crippen molar-refractivity contribution in [3.05, 3.63) is 11.6 Å². The number of nitrogens with two attached hydrogens (primary N) is 1. The number of hydrogen-bond donors (Lipinski definition) is 2. The lowest BCUT2D eigenvalue weighted by atomic mass is 10.1. The summed E-state index contributed by atoms with van der Waals surface area (Å²) in [6.07, 6.45) is 5.13. The van der Waals surface area contributed by atoms with E-state index >= 15 is 0 Å². The molecule has 1 heterocycles. The van der Waals surface area contributed by atoms with E-state index in [4.69, 9.17) is 5.73 Å². The minimum Gasteiger partial charge on any atom is -0.328 e. The molecule has 0 aliphatic carbocycles. The highest BCUT2D eigenvalue weighted by molar-refractivity contribution is 4.90. The standard InChI is InChI=1S/C10H20N4/c1-3-5-9-12-10(14-13-9)7-4-6-8(2)11/h8H,3-7,11H2,1-2H3,(H,12,13,14). The molecule has 1 rings (SSSR count). The third-order valence-electron chi connectivity index (χ3n) is 2.12. The van der Waals surface area contributed by atoms with Gasteiger partial charge >= 0.3 is 0 Å². The number of nitrogens with one attached hydrogen (secondary N) is 1. The molecule has 0 fully saturated rings. The number of aryl methyl sites for hydroxylation is 2. The topological polar surface area (TPSA) is 67.6 Å². The molecule has 14 heavy (non-hydrogen) atoms. The van der Waals surface area contributed by atoms with Crippen molar-refractivity contribution in [2.24, 2.45) is 5.73 Å². The van der Waals surface area contributed by atoms with E-state index in [1.807, 2.05) is 6.92 Å². The molecule has 0 saturated heterocycles. The summed E-state index contributed by atoms with van der Waals surface area (Å²) in [5, 5.41) is 7.11. The predicted molar refractivity (Wildman–Crippen MR) is 57.0 cm³/mol. The minimum absolute atomic E-state index is 0.282. The van der Waals surface area contributed by atoms with Crippen LogP contribution in [-0.2, 0) is 12.8 Å². The summed E-state index contributed by atoms with van der Waals surface area (Å²) < 4.78 is 0. The number of aromatic nitrogens is 3. The van der Waals surface area contributed by atoms with Crippen LogP contribution in [0.2, 0.25) is 0 Å². The molecule has 3 N–H and O–H groups in total. The average Bonchev–Trinajstić information content (AvgIpc) is 2.53. The number of rotatable bonds is 6. The summed E-state index contributed by atoms with van der Waals surface area (Å²) in [5.41, 5.74) is 5.66. The number of nitrogens with zero attached hydrogens (tertiary/aromatic N) is 2. The molecule has 4 nitrogen and oxygen atoms in total. The van der Waals surface area contributed by atoms with Crippen molar-refractivity contribution < 1.29 is 0 Å². The van der Waals surface area contributed by atoms with Crippen molar-refractivity contribution in [2.45, 2.75) is 52.0 Å². The molecule has 0 saturated carbocycles. The second-order valence-corrected chi connectivity index (χ2v) is 3.82. The maximum atomic E-state index is 5.66. The van der Waals surface area contributed by atoms with Gasteiger partial charge in [-0.15, -0.1) is 0 Å². The summed E-state index contributed by atoms with van der Waals surface area (Å²) in [6, 6.07) is 0.282. The number of hydrogen-bond acceptors (Lipinski definition) is 3. The van der Waals surface area contributed by atoms with E-state index in [2.05, 4.69) is 22.1 Å². The van der Waals surface area contributed by atoms with Crippen molar-refractivity contribution in [1.29, 1.82) is 0 Å². The molecule has 1 unspecified atom stereocenters. The first-order valence-electron chi connectivity index (χ1n) is 5.38. The Morgan fingerprint density at radius 2 is 2.21 bits per heavy atom.